The SMILES string of the molecule is CC1NCCCC1NC(=O)Nc1ccc(OC(F)(F)F)cc1. The van der Waals surface area contributed by atoms with Crippen LogP contribution in [0.3, 0.4) is 0 Å². The summed E-state index contributed by atoms with van der Waals surface area (Å²) in [4.78, 5) is 11.9. The van der Waals surface area contributed by atoms with Crippen molar-refractivity contribution in [3.8, 4) is 5.75 Å². The average molecular weight is 317 g/mol. The van der Waals surface area contributed by atoms with Gasteiger partial charge >= 0.3 is 12.4 Å². The van der Waals surface area contributed by atoms with Crippen LogP contribution in [0.15, 0.2) is 24.3 Å². The quantitative estimate of drug-likeness (QED) is 0.803. The van der Waals surface area contributed by atoms with Crippen molar-refractivity contribution in [2.24, 2.45) is 0 Å². The van der Waals surface area contributed by atoms with E-state index in [1.165, 1.54) is 12.1 Å². The highest BCUT2D eigenvalue weighted by Crippen LogP contribution is 2.23. The summed E-state index contributed by atoms with van der Waals surface area (Å²) >= 11 is 0. The Morgan fingerprint density at radius 2 is 2.00 bits per heavy atom. The molecule has 1 aliphatic rings. The number of rotatable bonds is 3. The van der Waals surface area contributed by atoms with Gasteiger partial charge in [0.15, 0.2) is 0 Å². The highest BCUT2D eigenvalue weighted by molar-refractivity contribution is 5.89. The van der Waals surface area contributed by atoms with E-state index >= 15 is 0 Å². The van der Waals surface area contributed by atoms with Gasteiger partial charge in [-0.2, -0.15) is 0 Å². The van der Waals surface area contributed by atoms with E-state index in [2.05, 4.69) is 20.7 Å². The molecule has 1 heterocycles. The monoisotopic (exact) mass is 317 g/mol. The minimum absolute atomic E-state index is 0.0292. The largest absolute Gasteiger partial charge is 0.573 e. The normalized spacial score (nSPS) is 22.0. The van der Waals surface area contributed by atoms with Crippen molar-refractivity contribution in [2.75, 3.05) is 11.9 Å². The molecular formula is C14H18F3N3O2. The number of benzene rings is 1. The second kappa shape index (κ2) is 6.87. The zero-order valence-corrected chi connectivity index (χ0v) is 12.0. The van der Waals surface area contributed by atoms with E-state index < -0.39 is 6.36 Å². The Morgan fingerprint density at radius 1 is 1.32 bits per heavy atom. The lowest BCUT2D eigenvalue weighted by atomic mass is 10.0. The average Bonchev–Trinajstić information content (AvgIpc) is 2.42. The number of halogens is 3. The van der Waals surface area contributed by atoms with Crippen molar-refractivity contribution < 1.29 is 22.7 Å². The first-order valence-electron chi connectivity index (χ1n) is 7.00. The minimum atomic E-state index is -4.73. The minimum Gasteiger partial charge on any atom is -0.406 e. The third kappa shape index (κ3) is 5.10. The van der Waals surface area contributed by atoms with Gasteiger partial charge in [-0.25, -0.2) is 4.79 Å². The molecule has 1 fully saturated rings. The molecule has 1 aliphatic heterocycles. The summed E-state index contributed by atoms with van der Waals surface area (Å²) in [6.07, 6.45) is -2.85. The molecule has 0 bridgehead atoms. The number of anilines is 1. The summed E-state index contributed by atoms with van der Waals surface area (Å²) in [5.74, 6) is -0.330. The predicted octanol–water partition coefficient (Wildman–Crippen LogP) is 2.85. The third-order valence-corrected chi connectivity index (χ3v) is 3.42. The maximum absolute atomic E-state index is 12.0. The van der Waals surface area contributed by atoms with Crippen LogP contribution in [0, 0.1) is 0 Å². The van der Waals surface area contributed by atoms with E-state index in [1.54, 1.807) is 0 Å². The molecule has 2 rings (SSSR count). The van der Waals surface area contributed by atoms with Crippen LogP contribution in [0.2, 0.25) is 0 Å². The zero-order chi connectivity index (χ0) is 16.2. The van der Waals surface area contributed by atoms with E-state index in [0.717, 1.165) is 31.5 Å². The van der Waals surface area contributed by atoms with E-state index in [9.17, 15) is 18.0 Å². The van der Waals surface area contributed by atoms with Crippen LogP contribution in [-0.4, -0.2) is 31.0 Å². The Bertz CT molecular complexity index is 505. The van der Waals surface area contributed by atoms with Gasteiger partial charge in [0, 0.05) is 17.8 Å². The molecular weight excluding hydrogens is 299 g/mol. The summed E-state index contributed by atoms with van der Waals surface area (Å²) in [5.41, 5.74) is 0.392. The molecule has 2 atom stereocenters. The molecule has 122 valence electrons. The lowest BCUT2D eigenvalue weighted by molar-refractivity contribution is -0.274. The lowest BCUT2D eigenvalue weighted by Gasteiger charge is -2.30. The first-order valence-corrected chi connectivity index (χ1v) is 7.00. The molecule has 1 saturated heterocycles. The number of urea groups is 1. The zero-order valence-electron chi connectivity index (χ0n) is 12.0. The van der Waals surface area contributed by atoms with Crippen LogP contribution in [0.5, 0.6) is 5.75 Å². The molecule has 5 nitrogen and oxygen atoms in total. The Morgan fingerprint density at radius 3 is 2.59 bits per heavy atom. The number of hydrogen-bond donors (Lipinski definition) is 3. The smallest absolute Gasteiger partial charge is 0.406 e. The van der Waals surface area contributed by atoms with Gasteiger partial charge < -0.3 is 20.7 Å². The number of carbonyl (C=O) groups excluding carboxylic acids is 1. The highest BCUT2D eigenvalue weighted by atomic mass is 19.4. The van der Waals surface area contributed by atoms with Gasteiger partial charge in [0.05, 0.1) is 0 Å². The molecule has 1 aromatic carbocycles. The van der Waals surface area contributed by atoms with Crippen molar-refractivity contribution in [1.29, 1.82) is 0 Å². The Hall–Kier alpha value is -1.96. The molecule has 0 radical (unpaired) electrons. The number of carbonyl (C=O) groups is 1. The van der Waals surface area contributed by atoms with Gasteiger partial charge in [-0.05, 0) is 50.6 Å². The maximum atomic E-state index is 12.0. The number of piperidine rings is 1. The number of hydrogen-bond acceptors (Lipinski definition) is 3. The van der Waals surface area contributed by atoms with Gasteiger partial charge in [0.25, 0.3) is 0 Å². The van der Waals surface area contributed by atoms with Crippen LogP contribution < -0.4 is 20.7 Å². The van der Waals surface area contributed by atoms with Crippen LogP contribution in [-0.2, 0) is 0 Å². The first kappa shape index (κ1) is 16.4. The van der Waals surface area contributed by atoms with E-state index in [4.69, 9.17) is 0 Å². The molecule has 0 aromatic heterocycles. The molecule has 22 heavy (non-hydrogen) atoms. The van der Waals surface area contributed by atoms with Crippen LogP contribution in [0.25, 0.3) is 0 Å². The van der Waals surface area contributed by atoms with Crippen molar-refractivity contribution in [3.05, 3.63) is 24.3 Å². The fourth-order valence-electron chi connectivity index (χ4n) is 2.32. The third-order valence-electron chi connectivity index (χ3n) is 3.42. The fourth-order valence-corrected chi connectivity index (χ4v) is 2.32. The fraction of sp³-hybridized carbons (Fsp3) is 0.500. The summed E-state index contributed by atoms with van der Waals surface area (Å²) in [5, 5.41) is 8.70. The number of alkyl halides is 3. The second-order valence-corrected chi connectivity index (χ2v) is 5.16. The van der Waals surface area contributed by atoms with Gasteiger partial charge in [-0.1, -0.05) is 0 Å². The molecule has 1 aromatic rings. The number of amides is 2. The van der Waals surface area contributed by atoms with Crippen LogP contribution in [0.1, 0.15) is 19.8 Å². The first-order chi connectivity index (χ1) is 10.3. The van der Waals surface area contributed by atoms with Crippen molar-refractivity contribution in [3.63, 3.8) is 0 Å². The topological polar surface area (TPSA) is 62.4 Å². The molecule has 3 N–H and O–H groups in total. The van der Waals surface area contributed by atoms with Crippen LogP contribution >= 0.6 is 0 Å². The highest BCUT2D eigenvalue weighted by Gasteiger charge is 2.31. The van der Waals surface area contributed by atoms with E-state index in [1.807, 2.05) is 6.92 Å². The molecule has 0 spiro atoms. The Kier molecular flexibility index (Phi) is 5.12. The molecule has 0 saturated carbocycles. The summed E-state index contributed by atoms with van der Waals surface area (Å²) in [7, 11) is 0. The summed E-state index contributed by atoms with van der Waals surface area (Å²) in [6.45, 7) is 2.93. The summed E-state index contributed by atoms with van der Waals surface area (Å²) < 4.78 is 39.9. The molecule has 0 aliphatic carbocycles. The van der Waals surface area contributed by atoms with Gasteiger partial charge in [-0.3, -0.25) is 0 Å². The standard InChI is InChI=1S/C14H18F3N3O2/c1-9-12(3-2-8-18-9)20-13(21)19-10-4-6-11(7-5-10)22-14(15,16)17/h4-7,9,12,18H,2-3,8H2,1H3,(H2,19,20,21). The Balaban J connectivity index is 1.86. The molecule has 2 unspecified atom stereocenters. The second-order valence-electron chi connectivity index (χ2n) is 5.16. The molecule has 8 heteroatoms. The maximum Gasteiger partial charge on any atom is 0.573 e. The number of nitrogens with one attached hydrogen (secondary N) is 3. The van der Waals surface area contributed by atoms with Crippen LogP contribution in [0.4, 0.5) is 23.7 Å². The van der Waals surface area contributed by atoms with Crippen molar-refractivity contribution >= 4 is 11.7 Å². The van der Waals surface area contributed by atoms with Gasteiger partial charge in [-0.15, -0.1) is 13.2 Å². The lowest BCUT2D eigenvalue weighted by Crippen LogP contribution is -2.52. The van der Waals surface area contributed by atoms with Gasteiger partial charge in [0.2, 0.25) is 0 Å². The number of ether oxygens (including phenoxy) is 1. The van der Waals surface area contributed by atoms with Crippen molar-refractivity contribution in [1.82, 2.24) is 10.6 Å². The Labute approximate surface area is 126 Å². The summed E-state index contributed by atoms with van der Waals surface area (Å²) in [6, 6.07) is 4.82. The van der Waals surface area contributed by atoms with E-state index in [0.29, 0.717) is 5.69 Å². The molecule has 2 amide bonds. The van der Waals surface area contributed by atoms with Gasteiger partial charge in [0.1, 0.15) is 5.75 Å². The van der Waals surface area contributed by atoms with E-state index in [-0.39, 0.29) is 23.9 Å². The predicted molar refractivity (Wildman–Crippen MR) is 75.8 cm³/mol. The van der Waals surface area contributed by atoms with Crippen molar-refractivity contribution in [2.45, 2.75) is 38.2 Å².